The summed E-state index contributed by atoms with van der Waals surface area (Å²) in [5.41, 5.74) is 6.98. The molecule has 0 bridgehead atoms. The number of benzene rings is 4. The smallest absolute Gasteiger partial charge is 0.130 e. The number of rotatable bonds is 5. The molecule has 168 valence electrons. The Balaban J connectivity index is 1.76. The van der Waals surface area contributed by atoms with E-state index in [0.29, 0.717) is 10.8 Å². The van der Waals surface area contributed by atoms with E-state index < -0.39 is 5.60 Å². The van der Waals surface area contributed by atoms with E-state index in [-0.39, 0.29) is 5.75 Å². The van der Waals surface area contributed by atoms with Gasteiger partial charge < -0.3 is 9.84 Å². The van der Waals surface area contributed by atoms with Gasteiger partial charge >= 0.3 is 0 Å². The number of aromatic hydroxyl groups is 1. The Labute approximate surface area is 205 Å². The number of fused-ring (bicyclic) bond motifs is 1. The summed E-state index contributed by atoms with van der Waals surface area (Å²) < 4.78 is 6.54. The first-order chi connectivity index (χ1) is 16.4. The molecule has 0 saturated heterocycles. The highest BCUT2D eigenvalue weighted by molar-refractivity contribution is 6.33. The maximum Gasteiger partial charge on any atom is 0.130 e. The molecule has 0 aromatic heterocycles. The molecule has 34 heavy (non-hydrogen) atoms. The molecule has 4 aromatic carbocycles. The van der Waals surface area contributed by atoms with Gasteiger partial charge in [0.2, 0.25) is 0 Å². The quantitative estimate of drug-likeness (QED) is 0.322. The Morgan fingerprint density at radius 3 is 2.06 bits per heavy atom. The van der Waals surface area contributed by atoms with Crippen molar-refractivity contribution < 1.29 is 9.84 Å². The van der Waals surface area contributed by atoms with E-state index in [2.05, 4.69) is 68.5 Å². The van der Waals surface area contributed by atoms with Crippen LogP contribution in [0.15, 0.2) is 109 Å². The molecule has 2 nitrogen and oxygen atoms in total. The second kappa shape index (κ2) is 8.89. The molecule has 4 aromatic rings. The van der Waals surface area contributed by atoms with Crippen LogP contribution in [-0.2, 0) is 0 Å². The lowest BCUT2D eigenvalue weighted by Crippen LogP contribution is -2.31. The van der Waals surface area contributed by atoms with Gasteiger partial charge in [-0.2, -0.15) is 0 Å². The molecule has 0 atom stereocenters. The zero-order chi connectivity index (χ0) is 23.7. The summed E-state index contributed by atoms with van der Waals surface area (Å²) in [4.78, 5) is 0. The highest BCUT2D eigenvalue weighted by atomic mass is 35.5. The molecule has 0 aliphatic heterocycles. The lowest BCUT2D eigenvalue weighted by molar-refractivity contribution is 0.173. The summed E-state index contributed by atoms with van der Waals surface area (Å²) in [6.45, 7) is 4.12. The molecule has 0 amide bonds. The molecule has 0 spiro atoms. The zero-order valence-corrected chi connectivity index (χ0v) is 19.9. The normalized spacial score (nSPS) is 14.4. The Bertz CT molecular complexity index is 1400. The number of ether oxygens (including phenoxy) is 1. The van der Waals surface area contributed by atoms with E-state index in [0.717, 1.165) is 22.3 Å². The Morgan fingerprint density at radius 2 is 1.35 bits per heavy atom. The predicted molar refractivity (Wildman–Crippen MR) is 141 cm³/mol. The minimum Gasteiger partial charge on any atom is -0.508 e. The van der Waals surface area contributed by atoms with Crippen LogP contribution in [0.3, 0.4) is 0 Å². The summed E-state index contributed by atoms with van der Waals surface area (Å²) in [5, 5.41) is 10.4. The van der Waals surface area contributed by atoms with Crippen LogP contribution in [0.2, 0.25) is 5.02 Å². The number of hydrogen-bond donors (Lipinski definition) is 1. The maximum atomic E-state index is 9.71. The van der Waals surface area contributed by atoms with Gasteiger partial charge in [0.15, 0.2) is 0 Å². The zero-order valence-electron chi connectivity index (χ0n) is 19.1. The van der Waals surface area contributed by atoms with Crippen molar-refractivity contribution in [2.75, 3.05) is 0 Å². The topological polar surface area (TPSA) is 29.5 Å². The van der Waals surface area contributed by atoms with Crippen LogP contribution in [0.4, 0.5) is 0 Å². The standard InChI is InChI=1S/C31H25ClO2/c1-31(2,34-23-18-16-22(33)17-19-23)30(26-14-8-9-15-29(26)32)28-20-27(21-10-4-3-5-11-21)24-12-6-7-13-25(24)28/h3-20,33H,1-2H3/b30-28-. The summed E-state index contributed by atoms with van der Waals surface area (Å²) in [6.07, 6.45) is 2.25. The summed E-state index contributed by atoms with van der Waals surface area (Å²) in [5.74, 6) is 0.876. The Morgan fingerprint density at radius 1 is 0.735 bits per heavy atom. The van der Waals surface area contributed by atoms with Crippen LogP contribution in [0.1, 0.15) is 36.1 Å². The molecule has 1 aliphatic carbocycles. The molecule has 0 saturated carbocycles. The van der Waals surface area contributed by atoms with Crippen molar-refractivity contribution in [3.63, 3.8) is 0 Å². The van der Waals surface area contributed by atoms with Gasteiger partial charge in [0.05, 0.1) is 0 Å². The van der Waals surface area contributed by atoms with Gasteiger partial charge in [-0.1, -0.05) is 84.4 Å². The fourth-order valence-electron chi connectivity index (χ4n) is 4.63. The van der Waals surface area contributed by atoms with E-state index in [1.165, 1.54) is 16.7 Å². The third kappa shape index (κ3) is 4.13. The molecule has 0 fully saturated rings. The minimum absolute atomic E-state index is 0.204. The van der Waals surface area contributed by atoms with Gasteiger partial charge in [0.1, 0.15) is 17.1 Å². The van der Waals surface area contributed by atoms with E-state index in [4.69, 9.17) is 16.3 Å². The van der Waals surface area contributed by atoms with Crippen molar-refractivity contribution in [2.45, 2.75) is 19.4 Å². The second-order valence-electron chi connectivity index (χ2n) is 8.84. The summed E-state index contributed by atoms with van der Waals surface area (Å²) in [6, 6.07) is 33.6. The molecule has 0 radical (unpaired) electrons. The van der Waals surface area contributed by atoms with E-state index in [1.807, 2.05) is 30.3 Å². The third-order valence-corrected chi connectivity index (χ3v) is 6.43. The average molecular weight is 465 g/mol. The van der Waals surface area contributed by atoms with Crippen molar-refractivity contribution in [1.29, 1.82) is 0 Å². The van der Waals surface area contributed by atoms with Crippen LogP contribution < -0.4 is 4.74 Å². The first-order valence-corrected chi connectivity index (χ1v) is 11.7. The van der Waals surface area contributed by atoms with Gasteiger partial charge in [-0.05, 0) is 78.1 Å². The highest BCUT2D eigenvalue weighted by Crippen LogP contribution is 2.47. The second-order valence-corrected chi connectivity index (χ2v) is 9.25. The molecule has 0 heterocycles. The monoisotopic (exact) mass is 464 g/mol. The van der Waals surface area contributed by atoms with Gasteiger partial charge in [0, 0.05) is 16.2 Å². The van der Waals surface area contributed by atoms with Crippen LogP contribution in [0.5, 0.6) is 11.5 Å². The van der Waals surface area contributed by atoms with E-state index in [1.54, 1.807) is 24.3 Å². The predicted octanol–water partition coefficient (Wildman–Crippen LogP) is 8.26. The summed E-state index contributed by atoms with van der Waals surface area (Å²) in [7, 11) is 0. The SMILES string of the molecule is CC(C)(Oc1ccc(O)cc1)/C(=C1/C=C(c2ccccc2)c2ccccc21)c1ccccc1Cl. The van der Waals surface area contributed by atoms with Crippen LogP contribution >= 0.6 is 11.6 Å². The Hall–Kier alpha value is -3.75. The number of phenolic OH excluding ortho intramolecular Hbond substituents is 1. The number of hydrogen-bond acceptors (Lipinski definition) is 2. The molecular formula is C31H25ClO2. The minimum atomic E-state index is -0.729. The van der Waals surface area contributed by atoms with Crippen LogP contribution in [0, 0.1) is 0 Å². The van der Waals surface area contributed by atoms with E-state index in [9.17, 15) is 5.11 Å². The summed E-state index contributed by atoms with van der Waals surface area (Å²) >= 11 is 6.76. The Kier molecular flexibility index (Phi) is 5.77. The van der Waals surface area contributed by atoms with Crippen molar-refractivity contribution in [1.82, 2.24) is 0 Å². The van der Waals surface area contributed by atoms with Crippen LogP contribution in [-0.4, -0.2) is 10.7 Å². The van der Waals surface area contributed by atoms with E-state index >= 15 is 0 Å². The first kappa shape index (κ1) is 22.1. The number of halogens is 1. The first-order valence-electron chi connectivity index (χ1n) is 11.3. The average Bonchev–Trinajstić information content (AvgIpc) is 3.21. The molecule has 3 heteroatoms. The van der Waals surface area contributed by atoms with Crippen molar-refractivity contribution in [2.24, 2.45) is 0 Å². The van der Waals surface area contributed by atoms with Gasteiger partial charge in [-0.15, -0.1) is 0 Å². The fourth-order valence-corrected chi connectivity index (χ4v) is 4.86. The molecule has 1 aliphatic rings. The lowest BCUT2D eigenvalue weighted by Gasteiger charge is -2.32. The molecule has 5 rings (SSSR count). The number of phenols is 1. The maximum absolute atomic E-state index is 9.71. The highest BCUT2D eigenvalue weighted by Gasteiger charge is 2.34. The van der Waals surface area contributed by atoms with Crippen LogP contribution in [0.25, 0.3) is 16.7 Å². The molecular weight excluding hydrogens is 440 g/mol. The molecule has 1 N–H and O–H groups in total. The van der Waals surface area contributed by atoms with Gasteiger partial charge in [0.25, 0.3) is 0 Å². The third-order valence-electron chi connectivity index (χ3n) is 6.11. The van der Waals surface area contributed by atoms with Crippen molar-refractivity contribution in [3.8, 4) is 11.5 Å². The van der Waals surface area contributed by atoms with Crippen molar-refractivity contribution in [3.05, 3.63) is 136 Å². The number of allylic oxidation sites excluding steroid dienone is 2. The largest absolute Gasteiger partial charge is 0.508 e. The van der Waals surface area contributed by atoms with Gasteiger partial charge in [-0.3, -0.25) is 0 Å². The van der Waals surface area contributed by atoms with Gasteiger partial charge in [-0.25, -0.2) is 0 Å². The lowest BCUT2D eigenvalue weighted by atomic mass is 9.85. The van der Waals surface area contributed by atoms with Crippen molar-refractivity contribution >= 4 is 28.3 Å². The molecule has 0 unspecified atom stereocenters. The fraction of sp³-hybridized carbons (Fsp3) is 0.0968.